The number of rotatable bonds is 5. The van der Waals surface area contributed by atoms with Crippen LogP contribution in [0.1, 0.15) is 32.1 Å². The minimum atomic E-state index is -3.67. The molecule has 0 unspecified atom stereocenters. The van der Waals surface area contributed by atoms with Gasteiger partial charge >= 0.3 is 0 Å². The molecule has 0 atom stereocenters. The molecule has 3 rings (SSSR count). The van der Waals surface area contributed by atoms with E-state index in [-0.39, 0.29) is 10.8 Å². The van der Waals surface area contributed by atoms with E-state index in [1.54, 1.807) is 12.1 Å². The van der Waals surface area contributed by atoms with Gasteiger partial charge in [-0.15, -0.1) is 0 Å². The molecule has 2 heterocycles. The molecular formula is C17H24N4O3S. The lowest BCUT2D eigenvalue weighted by atomic mass is 10.1. The molecule has 2 N–H and O–H groups in total. The van der Waals surface area contributed by atoms with Crippen molar-refractivity contribution in [1.82, 2.24) is 9.62 Å². The number of nitrogens with one attached hydrogen (secondary N) is 2. The van der Waals surface area contributed by atoms with Crippen LogP contribution in [-0.4, -0.2) is 51.2 Å². The molecule has 0 radical (unpaired) electrons. The molecule has 7 nitrogen and oxygen atoms in total. The molecule has 25 heavy (non-hydrogen) atoms. The molecule has 1 saturated heterocycles. The monoisotopic (exact) mass is 364 g/mol. The summed E-state index contributed by atoms with van der Waals surface area (Å²) < 4.78 is 27.4. The summed E-state index contributed by atoms with van der Waals surface area (Å²) in [6, 6.07) is 6.31. The highest BCUT2D eigenvalue weighted by atomic mass is 32.2. The summed E-state index contributed by atoms with van der Waals surface area (Å²) in [5.74, 6) is 0.379. The van der Waals surface area contributed by atoms with Crippen molar-refractivity contribution in [1.29, 1.82) is 0 Å². The van der Waals surface area contributed by atoms with Crippen molar-refractivity contribution in [2.45, 2.75) is 37.0 Å². The molecular weight excluding hydrogens is 340 g/mol. The summed E-state index contributed by atoms with van der Waals surface area (Å²) in [5.41, 5.74) is 0.484. The maximum absolute atomic E-state index is 12.4. The Morgan fingerprint density at radius 2 is 1.96 bits per heavy atom. The second-order valence-electron chi connectivity index (χ2n) is 6.45. The smallest absolute Gasteiger partial charge is 0.262 e. The molecule has 136 valence electrons. The normalized spacial score (nSPS) is 18.6. The molecule has 1 aromatic carbocycles. The van der Waals surface area contributed by atoms with Gasteiger partial charge in [0.15, 0.2) is 0 Å². The van der Waals surface area contributed by atoms with E-state index in [1.807, 2.05) is 0 Å². The lowest BCUT2D eigenvalue weighted by molar-refractivity contribution is -0.117. The standard InChI is InChI=1S/C17H24N4O3S/c22-17(13-21-10-2-1-3-11-21)19-14-6-4-7-15(12-14)25(23,24)20-16-8-5-9-18-16/h4,6-7,12H,1-3,5,8-11,13H2,(H,18,20)(H,19,22). The van der Waals surface area contributed by atoms with Crippen LogP contribution in [0.25, 0.3) is 0 Å². The lowest BCUT2D eigenvalue weighted by Crippen LogP contribution is -2.36. The highest BCUT2D eigenvalue weighted by molar-refractivity contribution is 7.90. The molecule has 0 aromatic heterocycles. The number of nitrogens with zero attached hydrogens (tertiary/aromatic N) is 2. The Labute approximate surface area is 148 Å². The SMILES string of the molecule is O=C(CN1CCCCC1)Nc1cccc(S(=O)(=O)NC2=NCCC2)c1. The van der Waals surface area contributed by atoms with E-state index >= 15 is 0 Å². The van der Waals surface area contributed by atoms with E-state index in [2.05, 4.69) is 19.9 Å². The third kappa shape index (κ3) is 5.02. The number of carbonyl (C=O) groups is 1. The van der Waals surface area contributed by atoms with Crippen LogP contribution in [0, 0.1) is 0 Å². The van der Waals surface area contributed by atoms with Crippen molar-refractivity contribution in [3.63, 3.8) is 0 Å². The van der Waals surface area contributed by atoms with Gasteiger partial charge in [0.05, 0.1) is 11.4 Å². The van der Waals surface area contributed by atoms with Crippen LogP contribution < -0.4 is 10.0 Å². The second-order valence-corrected chi connectivity index (χ2v) is 8.13. The van der Waals surface area contributed by atoms with Crippen molar-refractivity contribution in [3.05, 3.63) is 24.3 Å². The molecule has 1 amide bonds. The molecule has 0 aliphatic carbocycles. The minimum absolute atomic E-state index is 0.121. The van der Waals surface area contributed by atoms with Gasteiger partial charge in [-0.25, -0.2) is 8.42 Å². The number of hydrogen-bond acceptors (Lipinski definition) is 5. The topological polar surface area (TPSA) is 90.9 Å². The summed E-state index contributed by atoms with van der Waals surface area (Å²) >= 11 is 0. The first-order valence-electron chi connectivity index (χ1n) is 8.71. The van der Waals surface area contributed by atoms with Gasteiger partial charge < -0.3 is 5.32 Å². The summed E-state index contributed by atoms with van der Waals surface area (Å²) in [4.78, 5) is 18.6. The summed E-state index contributed by atoms with van der Waals surface area (Å²) in [5, 5.41) is 2.79. The van der Waals surface area contributed by atoms with Gasteiger partial charge in [-0.05, 0) is 50.6 Å². The van der Waals surface area contributed by atoms with Crippen LogP contribution >= 0.6 is 0 Å². The van der Waals surface area contributed by atoms with Crippen LogP contribution in [0.3, 0.4) is 0 Å². The largest absolute Gasteiger partial charge is 0.325 e. The van der Waals surface area contributed by atoms with Gasteiger partial charge in [-0.3, -0.25) is 19.4 Å². The number of aliphatic imine (C=N–C) groups is 1. The average Bonchev–Trinajstić information content (AvgIpc) is 3.08. The third-order valence-corrected chi connectivity index (χ3v) is 5.75. The van der Waals surface area contributed by atoms with E-state index in [4.69, 9.17) is 0 Å². The Bertz CT molecular complexity index is 755. The number of likely N-dealkylation sites (tertiary alicyclic amines) is 1. The molecule has 2 aliphatic rings. The summed E-state index contributed by atoms with van der Waals surface area (Å²) in [6.07, 6.45) is 4.97. The summed E-state index contributed by atoms with van der Waals surface area (Å²) in [7, 11) is -3.67. The van der Waals surface area contributed by atoms with Gasteiger partial charge in [-0.2, -0.15) is 0 Å². The zero-order chi connectivity index (χ0) is 17.7. The highest BCUT2D eigenvalue weighted by Gasteiger charge is 2.19. The maximum Gasteiger partial charge on any atom is 0.262 e. The fourth-order valence-corrected chi connectivity index (χ4v) is 4.23. The first-order chi connectivity index (χ1) is 12.0. The van der Waals surface area contributed by atoms with Crippen LogP contribution in [-0.2, 0) is 14.8 Å². The first kappa shape index (κ1) is 17.9. The number of benzene rings is 1. The van der Waals surface area contributed by atoms with E-state index in [1.165, 1.54) is 18.6 Å². The zero-order valence-electron chi connectivity index (χ0n) is 14.2. The number of sulfonamides is 1. The van der Waals surface area contributed by atoms with Gasteiger partial charge in [-0.1, -0.05) is 12.5 Å². The number of amidine groups is 1. The van der Waals surface area contributed by atoms with Crippen LogP contribution in [0.2, 0.25) is 0 Å². The number of anilines is 1. The second kappa shape index (κ2) is 7.97. The fraction of sp³-hybridized carbons (Fsp3) is 0.529. The predicted octanol–water partition coefficient (Wildman–Crippen LogP) is 1.58. The molecule has 1 aromatic rings. The highest BCUT2D eigenvalue weighted by Crippen LogP contribution is 2.17. The van der Waals surface area contributed by atoms with E-state index < -0.39 is 10.0 Å². The van der Waals surface area contributed by atoms with Crippen molar-refractivity contribution in [2.24, 2.45) is 4.99 Å². The van der Waals surface area contributed by atoms with Crippen LogP contribution in [0.5, 0.6) is 0 Å². The maximum atomic E-state index is 12.4. The molecule has 1 fully saturated rings. The van der Waals surface area contributed by atoms with E-state index in [0.29, 0.717) is 31.0 Å². The lowest BCUT2D eigenvalue weighted by Gasteiger charge is -2.25. The van der Waals surface area contributed by atoms with Crippen LogP contribution in [0.15, 0.2) is 34.2 Å². The van der Waals surface area contributed by atoms with Gasteiger partial charge in [0, 0.05) is 18.7 Å². The molecule has 0 saturated carbocycles. The fourth-order valence-electron chi connectivity index (χ4n) is 3.10. The molecule has 0 bridgehead atoms. The molecule has 8 heteroatoms. The average molecular weight is 364 g/mol. The van der Waals surface area contributed by atoms with Crippen LogP contribution in [0.4, 0.5) is 5.69 Å². The van der Waals surface area contributed by atoms with Crippen molar-refractivity contribution >= 4 is 27.5 Å². The number of piperidine rings is 1. The van der Waals surface area contributed by atoms with Crippen molar-refractivity contribution < 1.29 is 13.2 Å². The van der Waals surface area contributed by atoms with Gasteiger partial charge in [0.25, 0.3) is 10.0 Å². The predicted molar refractivity (Wildman–Crippen MR) is 97.2 cm³/mol. The summed E-state index contributed by atoms with van der Waals surface area (Å²) in [6.45, 7) is 2.87. The molecule has 0 spiro atoms. The van der Waals surface area contributed by atoms with E-state index in [0.717, 1.165) is 32.4 Å². The number of amides is 1. The third-order valence-electron chi connectivity index (χ3n) is 4.37. The van der Waals surface area contributed by atoms with Crippen molar-refractivity contribution in [2.75, 3.05) is 31.5 Å². The Hall–Kier alpha value is -1.93. The first-order valence-corrected chi connectivity index (χ1v) is 10.2. The zero-order valence-corrected chi connectivity index (χ0v) is 15.0. The Morgan fingerprint density at radius 1 is 1.16 bits per heavy atom. The van der Waals surface area contributed by atoms with Crippen molar-refractivity contribution in [3.8, 4) is 0 Å². The van der Waals surface area contributed by atoms with E-state index in [9.17, 15) is 13.2 Å². The van der Waals surface area contributed by atoms with Gasteiger partial charge in [0.1, 0.15) is 5.84 Å². The number of hydrogen-bond donors (Lipinski definition) is 2. The van der Waals surface area contributed by atoms with Gasteiger partial charge in [0.2, 0.25) is 5.91 Å². The number of carbonyl (C=O) groups excluding carboxylic acids is 1. The Kier molecular flexibility index (Phi) is 5.70. The minimum Gasteiger partial charge on any atom is -0.325 e. The molecule has 2 aliphatic heterocycles. The Morgan fingerprint density at radius 3 is 2.68 bits per heavy atom. The quantitative estimate of drug-likeness (QED) is 0.830. The Balaban J connectivity index is 1.63.